The van der Waals surface area contributed by atoms with Crippen LogP contribution in [0.2, 0.25) is 0 Å². The molecule has 0 aliphatic carbocycles. The van der Waals surface area contributed by atoms with Crippen LogP contribution in [0.1, 0.15) is 24.8 Å². The summed E-state index contributed by atoms with van der Waals surface area (Å²) in [5.74, 6) is 0.164. The Morgan fingerprint density at radius 3 is 2.46 bits per heavy atom. The maximum atomic E-state index is 13.0. The predicted octanol–water partition coefficient (Wildman–Crippen LogP) is 1.72. The molecule has 7 heteroatoms. The van der Waals surface area contributed by atoms with Gasteiger partial charge in [0.15, 0.2) is 0 Å². The molecule has 2 aliphatic heterocycles. The lowest BCUT2D eigenvalue weighted by molar-refractivity contribution is -0.136. The Bertz CT molecular complexity index is 539. The van der Waals surface area contributed by atoms with Crippen LogP contribution in [0, 0.1) is 0 Å². The van der Waals surface area contributed by atoms with Gasteiger partial charge in [0.25, 0.3) is 0 Å². The number of likely N-dealkylation sites (tertiary alicyclic amines) is 1. The van der Waals surface area contributed by atoms with Gasteiger partial charge in [0.1, 0.15) is 0 Å². The lowest BCUT2D eigenvalue weighted by atomic mass is 10.0. The van der Waals surface area contributed by atoms with Crippen LogP contribution < -0.4 is 5.32 Å². The van der Waals surface area contributed by atoms with Gasteiger partial charge in [0, 0.05) is 19.1 Å². The van der Waals surface area contributed by atoms with Crippen LogP contribution in [-0.2, 0) is 11.2 Å². The minimum Gasteiger partial charge on any atom is -0.392 e. The van der Waals surface area contributed by atoms with Gasteiger partial charge in [0.2, 0.25) is 5.91 Å². The van der Waals surface area contributed by atoms with E-state index in [4.69, 9.17) is 0 Å². The molecule has 1 aromatic carbocycles. The quantitative estimate of drug-likeness (QED) is 0.785. The van der Waals surface area contributed by atoms with Crippen molar-refractivity contribution in [2.24, 2.45) is 0 Å². The van der Waals surface area contributed by atoms with Crippen molar-refractivity contribution in [3.8, 4) is 0 Å². The van der Waals surface area contributed by atoms with Crippen LogP contribution in [0.3, 0.4) is 0 Å². The summed E-state index contributed by atoms with van der Waals surface area (Å²) in [5.41, 5.74) is 1.27. The van der Waals surface area contributed by atoms with Gasteiger partial charge in [0.05, 0.1) is 12.1 Å². The standard InChI is InChI=1S/C19H29N3O2.2ClH/c1-21-10-8-16(9-11-21)22(12-7-15-5-3-2-4-6-15)19(24)18-13-17(23)14-20-18;;/h2-6,16-18,20,23H,7-14H2,1H3;2*1H/t17-,18+;;/m1../s1. The Morgan fingerprint density at radius 1 is 1.23 bits per heavy atom. The van der Waals surface area contributed by atoms with Crippen LogP contribution in [0.15, 0.2) is 30.3 Å². The number of amides is 1. The number of hydrogen-bond donors (Lipinski definition) is 2. The van der Waals surface area contributed by atoms with E-state index in [9.17, 15) is 9.90 Å². The highest BCUT2D eigenvalue weighted by Crippen LogP contribution is 2.20. The van der Waals surface area contributed by atoms with Gasteiger partial charge in [-0.1, -0.05) is 30.3 Å². The molecule has 0 saturated carbocycles. The van der Waals surface area contributed by atoms with Crippen LogP contribution in [-0.4, -0.2) is 72.2 Å². The van der Waals surface area contributed by atoms with Crippen LogP contribution in [0.4, 0.5) is 0 Å². The van der Waals surface area contributed by atoms with E-state index in [1.807, 2.05) is 18.2 Å². The molecule has 148 valence electrons. The number of carbonyl (C=O) groups is 1. The number of benzene rings is 1. The summed E-state index contributed by atoms with van der Waals surface area (Å²) >= 11 is 0. The number of rotatable bonds is 5. The monoisotopic (exact) mass is 403 g/mol. The van der Waals surface area contributed by atoms with Crippen molar-refractivity contribution in [3.63, 3.8) is 0 Å². The van der Waals surface area contributed by atoms with E-state index < -0.39 is 6.10 Å². The van der Waals surface area contributed by atoms with Crippen molar-refractivity contribution in [1.82, 2.24) is 15.1 Å². The summed E-state index contributed by atoms with van der Waals surface area (Å²) < 4.78 is 0. The number of aliphatic hydroxyl groups excluding tert-OH is 1. The van der Waals surface area contributed by atoms with Gasteiger partial charge < -0.3 is 20.2 Å². The molecule has 3 rings (SSSR count). The number of carbonyl (C=O) groups excluding carboxylic acids is 1. The zero-order valence-corrected chi connectivity index (χ0v) is 17.0. The van der Waals surface area contributed by atoms with Crippen molar-refractivity contribution >= 4 is 30.7 Å². The second kappa shape index (κ2) is 11.1. The molecule has 1 aromatic rings. The number of halogens is 2. The first-order valence-corrected chi connectivity index (χ1v) is 9.08. The molecule has 0 radical (unpaired) electrons. The smallest absolute Gasteiger partial charge is 0.240 e. The number of aliphatic hydroxyl groups is 1. The normalized spacial score (nSPS) is 23.8. The van der Waals surface area contributed by atoms with E-state index >= 15 is 0 Å². The number of nitrogens with one attached hydrogen (secondary N) is 1. The van der Waals surface area contributed by atoms with Crippen LogP contribution in [0.5, 0.6) is 0 Å². The lowest BCUT2D eigenvalue weighted by Crippen LogP contribution is -2.52. The molecule has 1 amide bonds. The molecule has 2 aliphatic rings. The first kappa shape index (κ1) is 23.2. The molecule has 0 bridgehead atoms. The SMILES string of the molecule is CN1CCC(N(CCc2ccccc2)C(=O)[C@@H]2C[C@@H](O)CN2)CC1.Cl.Cl. The van der Waals surface area contributed by atoms with Crippen LogP contribution in [0.25, 0.3) is 0 Å². The van der Waals surface area contributed by atoms with Crippen molar-refractivity contribution in [3.05, 3.63) is 35.9 Å². The molecule has 0 spiro atoms. The number of nitrogens with zero attached hydrogens (tertiary/aromatic N) is 2. The fraction of sp³-hybridized carbons (Fsp3) is 0.632. The summed E-state index contributed by atoms with van der Waals surface area (Å²) in [6, 6.07) is 10.4. The summed E-state index contributed by atoms with van der Waals surface area (Å²) in [5, 5.41) is 12.9. The highest BCUT2D eigenvalue weighted by molar-refractivity contribution is 5.85. The van der Waals surface area contributed by atoms with E-state index in [0.29, 0.717) is 19.0 Å². The Morgan fingerprint density at radius 2 is 1.88 bits per heavy atom. The highest BCUT2D eigenvalue weighted by Gasteiger charge is 2.35. The predicted molar refractivity (Wildman–Crippen MR) is 109 cm³/mol. The van der Waals surface area contributed by atoms with E-state index in [1.165, 1.54) is 5.56 Å². The van der Waals surface area contributed by atoms with Crippen molar-refractivity contribution in [2.75, 3.05) is 33.2 Å². The Labute approximate surface area is 168 Å². The first-order chi connectivity index (χ1) is 11.6. The summed E-state index contributed by atoms with van der Waals surface area (Å²) in [6.45, 7) is 3.36. The molecule has 2 N–H and O–H groups in total. The zero-order valence-electron chi connectivity index (χ0n) is 15.3. The van der Waals surface area contributed by atoms with Crippen molar-refractivity contribution in [1.29, 1.82) is 0 Å². The fourth-order valence-corrected chi connectivity index (χ4v) is 3.78. The molecule has 5 nitrogen and oxygen atoms in total. The topological polar surface area (TPSA) is 55.8 Å². The molecule has 0 aromatic heterocycles. The minimum atomic E-state index is -0.396. The number of piperidine rings is 1. The zero-order chi connectivity index (χ0) is 16.9. The van der Waals surface area contributed by atoms with E-state index in [2.05, 4.69) is 34.3 Å². The third-order valence-electron chi connectivity index (χ3n) is 5.30. The van der Waals surface area contributed by atoms with Crippen LogP contribution >= 0.6 is 24.8 Å². The third-order valence-corrected chi connectivity index (χ3v) is 5.30. The van der Waals surface area contributed by atoms with Crippen molar-refractivity contribution in [2.45, 2.75) is 43.9 Å². The second-order valence-electron chi connectivity index (χ2n) is 7.15. The third kappa shape index (κ3) is 6.10. The van der Waals surface area contributed by atoms with E-state index in [0.717, 1.165) is 38.9 Å². The summed E-state index contributed by atoms with van der Waals surface area (Å²) in [4.78, 5) is 17.4. The maximum absolute atomic E-state index is 13.0. The molecule has 0 unspecified atom stereocenters. The van der Waals surface area contributed by atoms with Gasteiger partial charge in [-0.3, -0.25) is 4.79 Å². The minimum absolute atomic E-state index is 0. The molecule has 2 fully saturated rings. The molecule has 2 saturated heterocycles. The highest BCUT2D eigenvalue weighted by atomic mass is 35.5. The van der Waals surface area contributed by atoms with E-state index in [-0.39, 0.29) is 36.8 Å². The maximum Gasteiger partial charge on any atom is 0.240 e. The van der Waals surface area contributed by atoms with Gasteiger partial charge in [-0.15, -0.1) is 24.8 Å². The fourth-order valence-electron chi connectivity index (χ4n) is 3.78. The van der Waals surface area contributed by atoms with Gasteiger partial charge in [-0.05, 0) is 51.4 Å². The van der Waals surface area contributed by atoms with Gasteiger partial charge in [-0.2, -0.15) is 0 Å². The Balaban J connectivity index is 0.00000169. The molecule has 26 heavy (non-hydrogen) atoms. The molecular formula is C19H31Cl2N3O2. The van der Waals surface area contributed by atoms with E-state index in [1.54, 1.807) is 0 Å². The average molecular weight is 404 g/mol. The van der Waals surface area contributed by atoms with Gasteiger partial charge in [-0.25, -0.2) is 0 Å². The Kier molecular flexibility index (Phi) is 9.90. The lowest BCUT2D eigenvalue weighted by Gasteiger charge is -2.38. The van der Waals surface area contributed by atoms with Crippen molar-refractivity contribution < 1.29 is 9.90 Å². The largest absolute Gasteiger partial charge is 0.392 e. The number of hydrogen-bond acceptors (Lipinski definition) is 4. The molecule has 2 atom stereocenters. The van der Waals surface area contributed by atoms with Gasteiger partial charge >= 0.3 is 0 Å². The summed E-state index contributed by atoms with van der Waals surface area (Å²) in [7, 11) is 2.14. The first-order valence-electron chi connectivity index (χ1n) is 9.08. The Hall–Kier alpha value is -0.850. The molecular weight excluding hydrogens is 373 g/mol. The second-order valence-corrected chi connectivity index (χ2v) is 7.15. The average Bonchev–Trinajstić information content (AvgIpc) is 3.04. The summed E-state index contributed by atoms with van der Waals surface area (Å²) in [6.07, 6.45) is 3.09. The number of β-amino-alcohol motifs (C(OH)–C–C–N with tert-alkyl or cyclic N) is 1. The molecule has 2 heterocycles.